The van der Waals surface area contributed by atoms with Gasteiger partial charge in [-0.2, -0.15) is 16.4 Å². The smallest absolute Gasteiger partial charge is 0.267 e. The van der Waals surface area contributed by atoms with Gasteiger partial charge in [0.15, 0.2) is 0 Å². The summed E-state index contributed by atoms with van der Waals surface area (Å²) in [6, 6.07) is 9.67. The molecular weight excluding hydrogens is 386 g/mol. The second-order valence-corrected chi connectivity index (χ2v) is 7.48. The Morgan fingerprint density at radius 3 is 2.96 bits per heavy atom. The van der Waals surface area contributed by atoms with Crippen LogP contribution in [0, 0.1) is 0 Å². The van der Waals surface area contributed by atoms with Crippen LogP contribution in [0.25, 0.3) is 10.9 Å². The molecule has 0 saturated heterocycles. The van der Waals surface area contributed by atoms with E-state index in [1.165, 1.54) is 0 Å². The average Bonchev–Trinajstić information content (AvgIpc) is 3.31. The van der Waals surface area contributed by atoms with Gasteiger partial charge >= 0.3 is 0 Å². The maximum absolute atomic E-state index is 12.6. The summed E-state index contributed by atoms with van der Waals surface area (Å²) in [7, 11) is 0. The van der Waals surface area contributed by atoms with Crippen molar-refractivity contribution in [3.8, 4) is 0 Å². The summed E-state index contributed by atoms with van der Waals surface area (Å²) >= 11 is 5.06. The second-order valence-electron chi connectivity index (χ2n) is 5.79. The number of pyridine rings is 1. The number of rotatable bonds is 4. The van der Waals surface area contributed by atoms with Crippen molar-refractivity contribution in [1.82, 2.24) is 10.4 Å². The third kappa shape index (κ3) is 3.25. The lowest BCUT2D eigenvalue weighted by Gasteiger charge is -2.08. The van der Waals surface area contributed by atoms with E-state index in [-0.39, 0.29) is 5.91 Å². The molecule has 1 saturated carbocycles. The van der Waals surface area contributed by atoms with Gasteiger partial charge in [-0.05, 0) is 53.9 Å². The lowest BCUT2D eigenvalue weighted by molar-refractivity contribution is 0.0956. The van der Waals surface area contributed by atoms with E-state index in [1.807, 2.05) is 41.1 Å². The van der Waals surface area contributed by atoms with Crippen LogP contribution in [0.4, 0.5) is 0 Å². The number of thiophene rings is 1. The number of carbonyl (C=O) groups is 1. The molecule has 4 rings (SSSR count). The van der Waals surface area contributed by atoms with Gasteiger partial charge in [0.05, 0.1) is 17.3 Å². The van der Waals surface area contributed by atoms with E-state index >= 15 is 0 Å². The Balaban J connectivity index is 1.68. The first-order chi connectivity index (χ1) is 11.7. The summed E-state index contributed by atoms with van der Waals surface area (Å²) in [6.07, 6.45) is 3.94. The number of benzene rings is 1. The van der Waals surface area contributed by atoms with Crippen molar-refractivity contribution in [1.29, 1.82) is 0 Å². The maximum atomic E-state index is 12.6. The first-order valence-electron chi connectivity index (χ1n) is 7.66. The molecule has 1 aromatic carbocycles. The minimum Gasteiger partial charge on any atom is -0.267 e. The normalized spacial score (nSPS) is 14.4. The van der Waals surface area contributed by atoms with Crippen LogP contribution >= 0.6 is 27.3 Å². The molecule has 2 heterocycles. The lowest BCUT2D eigenvalue weighted by Crippen LogP contribution is -2.18. The Hall–Kier alpha value is -2.05. The highest BCUT2D eigenvalue weighted by Crippen LogP contribution is 2.40. The molecule has 0 aliphatic heterocycles. The molecule has 1 aliphatic rings. The number of nitrogens with one attached hydrogen (secondary N) is 1. The summed E-state index contributed by atoms with van der Waals surface area (Å²) in [5, 5.41) is 8.83. The summed E-state index contributed by atoms with van der Waals surface area (Å²) in [4.78, 5) is 17.3. The quantitative estimate of drug-likeness (QED) is 0.510. The summed E-state index contributed by atoms with van der Waals surface area (Å²) < 4.78 is 0.923. The van der Waals surface area contributed by atoms with Gasteiger partial charge in [0.25, 0.3) is 5.91 Å². The van der Waals surface area contributed by atoms with Gasteiger partial charge in [0, 0.05) is 27.0 Å². The molecule has 0 atom stereocenters. The van der Waals surface area contributed by atoms with Gasteiger partial charge in [0.2, 0.25) is 0 Å². The van der Waals surface area contributed by atoms with E-state index in [0.717, 1.165) is 39.5 Å². The van der Waals surface area contributed by atoms with Gasteiger partial charge in [-0.1, -0.05) is 15.9 Å². The van der Waals surface area contributed by atoms with Gasteiger partial charge in [0.1, 0.15) is 0 Å². The summed E-state index contributed by atoms with van der Waals surface area (Å²) in [6.45, 7) is 0. The molecule has 0 spiro atoms. The highest BCUT2D eigenvalue weighted by atomic mass is 79.9. The number of fused-ring (bicyclic) bond motifs is 1. The van der Waals surface area contributed by atoms with Crippen LogP contribution in [0.15, 0.2) is 50.7 Å². The molecule has 0 radical (unpaired) electrons. The Labute approximate surface area is 151 Å². The number of amides is 1. The Bertz CT molecular complexity index is 933. The molecule has 0 bridgehead atoms. The average molecular weight is 400 g/mol. The van der Waals surface area contributed by atoms with Crippen LogP contribution in [-0.4, -0.2) is 17.1 Å². The number of hydrazone groups is 1. The summed E-state index contributed by atoms with van der Waals surface area (Å²) in [5.41, 5.74) is 6.06. The Morgan fingerprint density at radius 2 is 2.21 bits per heavy atom. The SMILES string of the molecule is O=C(N/N=C\c1ccsc1)c1cc(C2CC2)nc2ccc(Br)cc12. The fourth-order valence-electron chi connectivity index (χ4n) is 2.57. The molecule has 120 valence electrons. The van der Waals surface area contributed by atoms with Crippen LogP contribution in [0.1, 0.15) is 40.4 Å². The molecule has 1 N–H and O–H groups in total. The summed E-state index contributed by atoms with van der Waals surface area (Å²) in [5.74, 6) is 0.271. The zero-order chi connectivity index (χ0) is 16.5. The van der Waals surface area contributed by atoms with Crippen LogP contribution in [-0.2, 0) is 0 Å². The van der Waals surface area contributed by atoms with E-state index in [1.54, 1.807) is 17.6 Å². The number of hydrogen-bond acceptors (Lipinski definition) is 4. The van der Waals surface area contributed by atoms with Crippen molar-refractivity contribution < 1.29 is 4.79 Å². The monoisotopic (exact) mass is 399 g/mol. The number of carbonyl (C=O) groups excluding carboxylic acids is 1. The molecule has 1 amide bonds. The number of hydrogen-bond donors (Lipinski definition) is 1. The molecule has 6 heteroatoms. The van der Waals surface area contributed by atoms with Gasteiger partial charge in [-0.15, -0.1) is 0 Å². The van der Waals surface area contributed by atoms with Crippen molar-refractivity contribution in [2.75, 3.05) is 0 Å². The van der Waals surface area contributed by atoms with Crippen molar-refractivity contribution in [3.63, 3.8) is 0 Å². The van der Waals surface area contributed by atoms with Crippen LogP contribution in [0.2, 0.25) is 0 Å². The fraction of sp³-hybridized carbons (Fsp3) is 0.167. The first kappa shape index (κ1) is 15.5. The molecule has 1 fully saturated rings. The molecule has 4 nitrogen and oxygen atoms in total. The Morgan fingerprint density at radius 1 is 1.33 bits per heavy atom. The predicted molar refractivity (Wildman–Crippen MR) is 101 cm³/mol. The number of halogens is 1. The van der Waals surface area contributed by atoms with Crippen LogP contribution in [0.3, 0.4) is 0 Å². The lowest BCUT2D eigenvalue weighted by atomic mass is 10.1. The molecular formula is C18H14BrN3OS. The largest absolute Gasteiger partial charge is 0.272 e. The maximum Gasteiger partial charge on any atom is 0.272 e. The topological polar surface area (TPSA) is 54.4 Å². The molecule has 3 aromatic rings. The van der Waals surface area contributed by atoms with Crippen molar-refractivity contribution >= 4 is 50.3 Å². The van der Waals surface area contributed by atoms with E-state index in [2.05, 4.69) is 26.5 Å². The highest BCUT2D eigenvalue weighted by Gasteiger charge is 2.27. The third-order valence-electron chi connectivity index (χ3n) is 3.95. The third-order valence-corrected chi connectivity index (χ3v) is 5.15. The molecule has 24 heavy (non-hydrogen) atoms. The number of nitrogens with zero attached hydrogens (tertiary/aromatic N) is 2. The standard InChI is InChI=1S/C18H14BrN3OS/c19-13-3-4-16-14(7-13)15(8-17(21-16)12-1-2-12)18(23)22-20-9-11-5-6-24-10-11/h3-10,12H,1-2H2,(H,22,23)/b20-9-. The van der Waals surface area contributed by atoms with Gasteiger partial charge < -0.3 is 0 Å². The van der Waals surface area contributed by atoms with Crippen molar-refractivity contribution in [3.05, 3.63) is 62.4 Å². The minimum atomic E-state index is -0.214. The van der Waals surface area contributed by atoms with Crippen LogP contribution in [0.5, 0.6) is 0 Å². The van der Waals surface area contributed by atoms with Gasteiger partial charge in [-0.3, -0.25) is 9.78 Å². The number of aromatic nitrogens is 1. The molecule has 0 unspecified atom stereocenters. The zero-order valence-corrected chi connectivity index (χ0v) is 15.1. The van der Waals surface area contributed by atoms with E-state index < -0.39 is 0 Å². The Kier molecular flexibility index (Phi) is 4.16. The first-order valence-corrected chi connectivity index (χ1v) is 9.40. The van der Waals surface area contributed by atoms with E-state index in [4.69, 9.17) is 4.98 Å². The predicted octanol–water partition coefficient (Wildman–Crippen LogP) is 4.70. The van der Waals surface area contributed by atoms with Gasteiger partial charge in [-0.25, -0.2) is 5.43 Å². The fourth-order valence-corrected chi connectivity index (χ4v) is 3.54. The molecule has 1 aliphatic carbocycles. The highest BCUT2D eigenvalue weighted by molar-refractivity contribution is 9.10. The van der Waals surface area contributed by atoms with Crippen molar-refractivity contribution in [2.24, 2.45) is 5.10 Å². The van der Waals surface area contributed by atoms with Crippen LogP contribution < -0.4 is 5.43 Å². The second kappa shape index (κ2) is 6.45. The van der Waals surface area contributed by atoms with E-state index in [0.29, 0.717) is 11.5 Å². The zero-order valence-electron chi connectivity index (χ0n) is 12.7. The molecule has 2 aromatic heterocycles. The minimum absolute atomic E-state index is 0.214. The van der Waals surface area contributed by atoms with Crippen molar-refractivity contribution in [2.45, 2.75) is 18.8 Å². The van der Waals surface area contributed by atoms with E-state index in [9.17, 15) is 4.79 Å².